The zero-order valence-corrected chi connectivity index (χ0v) is 9.04. The summed E-state index contributed by atoms with van der Waals surface area (Å²) in [5.41, 5.74) is 0.145. The molecule has 3 aromatic heterocycles. The van der Waals surface area contributed by atoms with Crippen molar-refractivity contribution in [1.29, 1.82) is 0 Å². The Morgan fingerprint density at radius 2 is 2.06 bits per heavy atom. The van der Waals surface area contributed by atoms with Crippen molar-refractivity contribution in [3.8, 4) is 0 Å². The summed E-state index contributed by atoms with van der Waals surface area (Å²) in [6.45, 7) is 0. The van der Waals surface area contributed by atoms with Crippen molar-refractivity contribution in [3.05, 3.63) is 40.9 Å². The molecular formula is C12H6N4O2. The van der Waals surface area contributed by atoms with Crippen LogP contribution in [0.5, 0.6) is 0 Å². The summed E-state index contributed by atoms with van der Waals surface area (Å²) >= 11 is 0. The summed E-state index contributed by atoms with van der Waals surface area (Å²) in [7, 11) is 0. The Balaban J connectivity index is 2.68. The highest BCUT2D eigenvalue weighted by atomic mass is 16.1. The molecule has 6 heteroatoms. The minimum absolute atomic E-state index is 0.173. The van der Waals surface area contributed by atoms with Gasteiger partial charge in [-0.05, 0) is 18.2 Å². The van der Waals surface area contributed by atoms with Crippen molar-refractivity contribution in [1.82, 2.24) is 15.0 Å². The largest absolute Gasteiger partial charge is 0.306 e. The van der Waals surface area contributed by atoms with Gasteiger partial charge in [0.05, 0.1) is 5.39 Å². The highest BCUT2D eigenvalue weighted by Crippen LogP contribution is 2.26. The molecule has 6 nitrogen and oxygen atoms in total. The fourth-order valence-corrected chi connectivity index (χ4v) is 1.92. The molecule has 0 aliphatic rings. The van der Waals surface area contributed by atoms with Crippen LogP contribution in [0.25, 0.3) is 21.8 Å². The lowest BCUT2D eigenvalue weighted by Crippen LogP contribution is -2.07. The average Bonchev–Trinajstić information content (AvgIpc) is 2.40. The predicted molar refractivity (Wildman–Crippen MR) is 65.4 cm³/mol. The lowest BCUT2D eigenvalue weighted by molar-refractivity contribution is 0.565. The number of nitrogens with zero attached hydrogens (tertiary/aromatic N) is 3. The molecule has 0 unspecified atom stereocenters. The highest BCUT2D eigenvalue weighted by Gasteiger charge is 2.10. The van der Waals surface area contributed by atoms with E-state index < -0.39 is 0 Å². The van der Waals surface area contributed by atoms with E-state index in [0.29, 0.717) is 21.8 Å². The van der Waals surface area contributed by atoms with E-state index in [2.05, 4.69) is 19.9 Å². The summed E-state index contributed by atoms with van der Waals surface area (Å²) in [4.78, 5) is 36.5. The van der Waals surface area contributed by atoms with Crippen molar-refractivity contribution >= 4 is 33.7 Å². The van der Waals surface area contributed by atoms with Gasteiger partial charge in [0.1, 0.15) is 5.65 Å². The van der Waals surface area contributed by atoms with Crippen LogP contribution in [0.3, 0.4) is 0 Å². The second-order valence-corrected chi connectivity index (χ2v) is 3.61. The molecule has 0 amide bonds. The van der Waals surface area contributed by atoms with E-state index in [-0.39, 0.29) is 11.4 Å². The number of rotatable bonds is 1. The van der Waals surface area contributed by atoms with Gasteiger partial charge in [-0.2, -0.15) is 0 Å². The van der Waals surface area contributed by atoms with Gasteiger partial charge in [-0.3, -0.25) is 4.79 Å². The van der Waals surface area contributed by atoms with Crippen LogP contribution in [0.1, 0.15) is 0 Å². The number of fused-ring (bicyclic) bond motifs is 3. The van der Waals surface area contributed by atoms with E-state index in [1.807, 2.05) is 0 Å². The third kappa shape index (κ3) is 1.41. The molecular weight excluding hydrogens is 232 g/mol. The molecule has 3 heterocycles. The van der Waals surface area contributed by atoms with Gasteiger partial charge < -0.3 is 4.98 Å². The SMILES string of the molecule is O=C=Nc1nccc2c(=O)[nH]c3ncccc3c12. The first-order chi connectivity index (χ1) is 8.81. The monoisotopic (exact) mass is 238 g/mol. The van der Waals surface area contributed by atoms with Gasteiger partial charge in [0.2, 0.25) is 6.08 Å². The third-order valence-electron chi connectivity index (χ3n) is 2.64. The number of carbonyl (C=O) groups excluding carboxylic acids is 1. The molecule has 0 fully saturated rings. The van der Waals surface area contributed by atoms with E-state index >= 15 is 0 Å². The highest BCUT2D eigenvalue weighted by molar-refractivity contribution is 6.09. The molecule has 0 bridgehead atoms. The molecule has 0 aliphatic carbocycles. The van der Waals surface area contributed by atoms with Crippen molar-refractivity contribution in [2.45, 2.75) is 0 Å². The molecule has 0 saturated heterocycles. The van der Waals surface area contributed by atoms with E-state index in [4.69, 9.17) is 0 Å². The van der Waals surface area contributed by atoms with E-state index in [1.165, 1.54) is 12.3 Å². The van der Waals surface area contributed by atoms with Gasteiger partial charge in [-0.1, -0.05) is 0 Å². The van der Waals surface area contributed by atoms with E-state index in [9.17, 15) is 9.59 Å². The van der Waals surface area contributed by atoms with Crippen LogP contribution < -0.4 is 5.56 Å². The molecule has 0 aliphatic heterocycles. The second-order valence-electron chi connectivity index (χ2n) is 3.61. The van der Waals surface area contributed by atoms with E-state index in [1.54, 1.807) is 24.4 Å². The Morgan fingerprint density at radius 1 is 1.17 bits per heavy atom. The van der Waals surface area contributed by atoms with Crippen LogP contribution in [0.2, 0.25) is 0 Å². The van der Waals surface area contributed by atoms with Crippen molar-refractivity contribution < 1.29 is 4.79 Å². The molecule has 18 heavy (non-hydrogen) atoms. The van der Waals surface area contributed by atoms with Gasteiger partial charge in [0, 0.05) is 23.2 Å². The Kier molecular flexibility index (Phi) is 2.22. The maximum atomic E-state index is 11.9. The van der Waals surface area contributed by atoms with Crippen LogP contribution in [0.4, 0.5) is 5.82 Å². The lowest BCUT2D eigenvalue weighted by atomic mass is 10.1. The minimum atomic E-state index is -0.291. The number of aromatic amines is 1. The number of hydrogen-bond donors (Lipinski definition) is 1. The average molecular weight is 238 g/mol. The van der Waals surface area contributed by atoms with Crippen molar-refractivity contribution in [2.24, 2.45) is 4.99 Å². The number of hydrogen-bond acceptors (Lipinski definition) is 5. The first kappa shape index (κ1) is 10.3. The van der Waals surface area contributed by atoms with Gasteiger partial charge in [0.25, 0.3) is 5.56 Å². The van der Waals surface area contributed by atoms with Crippen LogP contribution >= 0.6 is 0 Å². The quantitative estimate of drug-likeness (QED) is 0.394. The van der Waals surface area contributed by atoms with Crippen molar-refractivity contribution in [2.75, 3.05) is 0 Å². The Bertz CT molecular complexity index is 863. The molecule has 0 spiro atoms. The maximum Gasteiger partial charge on any atom is 0.257 e. The number of nitrogens with one attached hydrogen (secondary N) is 1. The molecule has 86 valence electrons. The zero-order chi connectivity index (χ0) is 12.5. The molecule has 3 rings (SSSR count). The van der Waals surface area contributed by atoms with Gasteiger partial charge in [0.15, 0.2) is 5.82 Å². The van der Waals surface area contributed by atoms with Crippen LogP contribution in [-0.2, 0) is 4.79 Å². The number of H-pyrrole nitrogens is 1. The summed E-state index contributed by atoms with van der Waals surface area (Å²) in [6, 6.07) is 5.10. The predicted octanol–water partition coefficient (Wildman–Crippen LogP) is 1.44. The van der Waals surface area contributed by atoms with Crippen LogP contribution in [0.15, 0.2) is 40.4 Å². The number of aliphatic imine (C=N–C) groups is 1. The molecule has 0 atom stereocenters. The van der Waals surface area contributed by atoms with Crippen LogP contribution in [0, 0.1) is 0 Å². The Labute approximate surface area is 100 Å². The van der Waals surface area contributed by atoms with Gasteiger partial charge >= 0.3 is 0 Å². The fraction of sp³-hybridized carbons (Fsp3) is 0. The normalized spacial score (nSPS) is 10.4. The minimum Gasteiger partial charge on any atom is -0.306 e. The zero-order valence-electron chi connectivity index (χ0n) is 9.04. The van der Waals surface area contributed by atoms with Gasteiger partial charge in [-0.25, -0.2) is 14.8 Å². The molecule has 0 saturated carbocycles. The Morgan fingerprint density at radius 3 is 2.89 bits per heavy atom. The van der Waals surface area contributed by atoms with Gasteiger partial charge in [-0.15, -0.1) is 4.99 Å². The molecule has 0 radical (unpaired) electrons. The van der Waals surface area contributed by atoms with Crippen LogP contribution in [-0.4, -0.2) is 21.0 Å². The van der Waals surface area contributed by atoms with E-state index in [0.717, 1.165) is 0 Å². The summed E-state index contributed by atoms with van der Waals surface area (Å²) < 4.78 is 0. The second kappa shape index (κ2) is 3.87. The molecule has 0 aromatic carbocycles. The summed E-state index contributed by atoms with van der Waals surface area (Å²) in [5, 5.41) is 1.61. The molecule has 3 aromatic rings. The topological polar surface area (TPSA) is 88.1 Å². The number of aromatic nitrogens is 3. The van der Waals surface area contributed by atoms with Crippen molar-refractivity contribution in [3.63, 3.8) is 0 Å². The maximum absolute atomic E-state index is 11.9. The summed E-state index contributed by atoms with van der Waals surface area (Å²) in [5.74, 6) is 0.173. The Hall–Kier alpha value is -2.85. The number of isocyanates is 1. The summed E-state index contributed by atoms with van der Waals surface area (Å²) in [6.07, 6.45) is 4.44. The smallest absolute Gasteiger partial charge is 0.257 e. The standard InChI is InChI=1S/C12H6N4O2/c17-6-15-11-9-7-2-1-4-13-10(7)16-12(18)8(9)3-5-14-11/h1-5H,(H,13,16,18). The first-order valence-electron chi connectivity index (χ1n) is 5.15. The molecule has 1 N–H and O–H groups in total. The lowest BCUT2D eigenvalue weighted by Gasteiger charge is -2.03. The first-order valence-corrected chi connectivity index (χ1v) is 5.15. The third-order valence-corrected chi connectivity index (χ3v) is 2.64. The number of pyridine rings is 3. The fourth-order valence-electron chi connectivity index (χ4n) is 1.92.